The smallest absolute Gasteiger partial charge is 0.335 e. The number of aromatic nitrogens is 1. The Morgan fingerprint density at radius 3 is 2.77 bits per heavy atom. The standard InChI is InChI=1S/C17H21N3O2/c1-20(13-14-6-3-2-4-7-14)11-5-9-18-16-12-15(17(21)22)8-10-19-16/h2-4,6-8,10,12H,5,9,11,13H2,1H3,(H,18,19)(H,21,22). The van der Waals surface area contributed by atoms with E-state index in [1.807, 2.05) is 18.2 Å². The summed E-state index contributed by atoms with van der Waals surface area (Å²) in [6, 6.07) is 13.4. The van der Waals surface area contributed by atoms with Gasteiger partial charge in [0.15, 0.2) is 0 Å². The van der Waals surface area contributed by atoms with Crippen LogP contribution in [0.4, 0.5) is 5.82 Å². The molecule has 0 bridgehead atoms. The molecule has 1 aromatic heterocycles. The molecule has 1 heterocycles. The van der Waals surface area contributed by atoms with Crippen LogP contribution in [0.3, 0.4) is 0 Å². The second-order valence-corrected chi connectivity index (χ2v) is 5.24. The fraction of sp³-hybridized carbons (Fsp3) is 0.294. The summed E-state index contributed by atoms with van der Waals surface area (Å²) in [5.41, 5.74) is 1.55. The first-order chi connectivity index (χ1) is 10.6. The Kier molecular flexibility index (Phi) is 5.91. The lowest BCUT2D eigenvalue weighted by molar-refractivity contribution is 0.0697. The van der Waals surface area contributed by atoms with Gasteiger partial charge in [-0.2, -0.15) is 0 Å². The number of hydrogen-bond acceptors (Lipinski definition) is 4. The first-order valence-corrected chi connectivity index (χ1v) is 7.31. The quantitative estimate of drug-likeness (QED) is 0.734. The Morgan fingerprint density at radius 1 is 1.27 bits per heavy atom. The van der Waals surface area contributed by atoms with Crippen LogP contribution in [0.15, 0.2) is 48.7 Å². The maximum absolute atomic E-state index is 10.9. The number of nitrogens with one attached hydrogen (secondary N) is 1. The van der Waals surface area contributed by atoms with Crippen molar-refractivity contribution in [2.75, 3.05) is 25.5 Å². The number of carbonyl (C=O) groups is 1. The van der Waals surface area contributed by atoms with Crippen molar-refractivity contribution in [1.29, 1.82) is 0 Å². The predicted octanol–water partition coefficient (Wildman–Crippen LogP) is 2.71. The molecule has 2 N–H and O–H groups in total. The van der Waals surface area contributed by atoms with Crippen LogP contribution in [0, 0.1) is 0 Å². The molecule has 0 atom stereocenters. The average Bonchev–Trinajstić information content (AvgIpc) is 2.53. The van der Waals surface area contributed by atoms with Gasteiger partial charge in [-0.15, -0.1) is 0 Å². The predicted molar refractivity (Wildman–Crippen MR) is 87.1 cm³/mol. The molecule has 0 spiro atoms. The van der Waals surface area contributed by atoms with Gasteiger partial charge in [0.1, 0.15) is 5.82 Å². The van der Waals surface area contributed by atoms with Crippen LogP contribution in [-0.2, 0) is 6.54 Å². The first kappa shape index (κ1) is 16.0. The van der Waals surface area contributed by atoms with Gasteiger partial charge in [0.2, 0.25) is 0 Å². The highest BCUT2D eigenvalue weighted by Crippen LogP contribution is 2.07. The number of carboxylic acids is 1. The number of carboxylic acid groups (broad SMARTS) is 1. The van der Waals surface area contributed by atoms with Gasteiger partial charge in [-0.25, -0.2) is 9.78 Å². The molecule has 0 radical (unpaired) electrons. The van der Waals surface area contributed by atoms with Crippen molar-refractivity contribution in [3.05, 3.63) is 59.8 Å². The van der Waals surface area contributed by atoms with E-state index in [2.05, 4.69) is 34.4 Å². The number of anilines is 1. The van der Waals surface area contributed by atoms with Crippen molar-refractivity contribution >= 4 is 11.8 Å². The number of benzene rings is 1. The van der Waals surface area contributed by atoms with Crippen molar-refractivity contribution in [1.82, 2.24) is 9.88 Å². The summed E-state index contributed by atoms with van der Waals surface area (Å²) in [5.74, 6) is -0.335. The van der Waals surface area contributed by atoms with E-state index in [9.17, 15) is 4.79 Å². The zero-order chi connectivity index (χ0) is 15.8. The lowest BCUT2D eigenvalue weighted by Crippen LogP contribution is -2.21. The fourth-order valence-corrected chi connectivity index (χ4v) is 2.20. The minimum absolute atomic E-state index is 0.249. The number of hydrogen-bond donors (Lipinski definition) is 2. The normalized spacial score (nSPS) is 10.6. The third-order valence-corrected chi connectivity index (χ3v) is 3.32. The Hall–Kier alpha value is -2.40. The molecule has 5 heteroatoms. The second kappa shape index (κ2) is 8.14. The topological polar surface area (TPSA) is 65.5 Å². The minimum atomic E-state index is -0.937. The van der Waals surface area contributed by atoms with Crippen LogP contribution < -0.4 is 5.32 Å². The Morgan fingerprint density at radius 2 is 2.05 bits per heavy atom. The molecule has 0 fully saturated rings. The van der Waals surface area contributed by atoms with Crippen molar-refractivity contribution < 1.29 is 9.90 Å². The third-order valence-electron chi connectivity index (χ3n) is 3.32. The van der Waals surface area contributed by atoms with Gasteiger partial charge in [0.05, 0.1) is 5.56 Å². The summed E-state index contributed by atoms with van der Waals surface area (Å²) in [4.78, 5) is 17.3. The average molecular weight is 299 g/mol. The van der Waals surface area contributed by atoms with Crippen LogP contribution in [0.25, 0.3) is 0 Å². The Bertz CT molecular complexity index is 602. The molecule has 116 valence electrons. The number of nitrogens with zero attached hydrogens (tertiary/aromatic N) is 2. The molecular weight excluding hydrogens is 278 g/mol. The monoisotopic (exact) mass is 299 g/mol. The molecule has 0 saturated heterocycles. The minimum Gasteiger partial charge on any atom is -0.478 e. The molecule has 0 aliphatic rings. The summed E-state index contributed by atoms with van der Waals surface area (Å²) in [6.45, 7) is 2.64. The van der Waals surface area contributed by atoms with E-state index in [0.717, 1.165) is 26.1 Å². The Labute approximate surface area is 130 Å². The zero-order valence-electron chi connectivity index (χ0n) is 12.7. The van der Waals surface area contributed by atoms with E-state index in [0.29, 0.717) is 5.82 Å². The molecule has 5 nitrogen and oxygen atoms in total. The molecular formula is C17H21N3O2. The van der Waals surface area contributed by atoms with Gasteiger partial charge in [0, 0.05) is 19.3 Å². The molecule has 2 rings (SSSR count). The lowest BCUT2D eigenvalue weighted by atomic mass is 10.2. The van der Waals surface area contributed by atoms with Gasteiger partial charge in [-0.1, -0.05) is 30.3 Å². The van der Waals surface area contributed by atoms with Crippen LogP contribution >= 0.6 is 0 Å². The van der Waals surface area contributed by atoms with Gasteiger partial charge in [0.25, 0.3) is 0 Å². The van der Waals surface area contributed by atoms with E-state index < -0.39 is 5.97 Å². The second-order valence-electron chi connectivity index (χ2n) is 5.24. The Balaban J connectivity index is 1.70. The summed E-state index contributed by atoms with van der Waals surface area (Å²) in [6.07, 6.45) is 2.47. The number of pyridine rings is 1. The van der Waals surface area contributed by atoms with Crippen molar-refractivity contribution in [3.8, 4) is 0 Å². The summed E-state index contributed by atoms with van der Waals surface area (Å²) >= 11 is 0. The molecule has 0 aliphatic carbocycles. The maximum Gasteiger partial charge on any atom is 0.335 e. The zero-order valence-corrected chi connectivity index (χ0v) is 12.7. The summed E-state index contributed by atoms with van der Waals surface area (Å²) in [5, 5.41) is 12.1. The summed E-state index contributed by atoms with van der Waals surface area (Å²) in [7, 11) is 2.09. The van der Waals surface area contributed by atoms with Crippen molar-refractivity contribution in [2.24, 2.45) is 0 Å². The van der Waals surface area contributed by atoms with E-state index in [4.69, 9.17) is 5.11 Å². The molecule has 1 aromatic carbocycles. The number of rotatable bonds is 8. The van der Waals surface area contributed by atoms with E-state index in [1.54, 1.807) is 6.07 Å². The largest absolute Gasteiger partial charge is 0.478 e. The fourth-order valence-electron chi connectivity index (χ4n) is 2.20. The third kappa shape index (κ3) is 5.18. The molecule has 22 heavy (non-hydrogen) atoms. The molecule has 0 amide bonds. The van der Waals surface area contributed by atoms with Crippen molar-refractivity contribution in [3.63, 3.8) is 0 Å². The maximum atomic E-state index is 10.9. The molecule has 0 saturated carbocycles. The van der Waals surface area contributed by atoms with E-state index >= 15 is 0 Å². The van der Waals surface area contributed by atoms with Crippen LogP contribution in [-0.4, -0.2) is 41.1 Å². The van der Waals surface area contributed by atoms with Gasteiger partial charge >= 0.3 is 5.97 Å². The lowest BCUT2D eigenvalue weighted by Gasteiger charge is -2.16. The highest BCUT2D eigenvalue weighted by atomic mass is 16.4. The highest BCUT2D eigenvalue weighted by Gasteiger charge is 2.04. The molecule has 0 aliphatic heterocycles. The van der Waals surface area contributed by atoms with Crippen LogP contribution in [0.5, 0.6) is 0 Å². The summed E-state index contributed by atoms with van der Waals surface area (Å²) < 4.78 is 0. The van der Waals surface area contributed by atoms with Crippen LogP contribution in [0.1, 0.15) is 22.3 Å². The van der Waals surface area contributed by atoms with E-state index in [1.165, 1.54) is 17.8 Å². The van der Waals surface area contributed by atoms with Crippen LogP contribution in [0.2, 0.25) is 0 Å². The van der Waals surface area contributed by atoms with Gasteiger partial charge in [-0.05, 0) is 37.7 Å². The van der Waals surface area contributed by atoms with E-state index in [-0.39, 0.29) is 5.56 Å². The number of aromatic carboxylic acids is 1. The first-order valence-electron chi connectivity index (χ1n) is 7.31. The van der Waals surface area contributed by atoms with Crippen molar-refractivity contribution in [2.45, 2.75) is 13.0 Å². The van der Waals surface area contributed by atoms with Gasteiger partial charge < -0.3 is 15.3 Å². The SMILES string of the molecule is CN(CCCNc1cc(C(=O)O)ccn1)Cc1ccccc1. The molecule has 0 unspecified atom stereocenters. The molecule has 2 aromatic rings. The highest BCUT2D eigenvalue weighted by molar-refractivity contribution is 5.88. The van der Waals surface area contributed by atoms with Gasteiger partial charge in [-0.3, -0.25) is 0 Å².